The summed E-state index contributed by atoms with van der Waals surface area (Å²) in [6.45, 7) is 2.80. The van der Waals surface area contributed by atoms with Crippen LogP contribution in [-0.4, -0.2) is 22.1 Å². The summed E-state index contributed by atoms with van der Waals surface area (Å²) in [6.07, 6.45) is 5.66. The van der Waals surface area contributed by atoms with E-state index in [0.29, 0.717) is 17.2 Å². The summed E-state index contributed by atoms with van der Waals surface area (Å²) < 4.78 is 7.55. The Bertz CT molecular complexity index is 904. The van der Waals surface area contributed by atoms with Crippen molar-refractivity contribution in [3.05, 3.63) is 82.9 Å². The van der Waals surface area contributed by atoms with Gasteiger partial charge < -0.3 is 14.6 Å². The largest absolute Gasteiger partial charge is 0.494 e. The van der Waals surface area contributed by atoms with Gasteiger partial charge in [0, 0.05) is 30.0 Å². The molecule has 1 heterocycles. The molecule has 5 nitrogen and oxygen atoms in total. The molecule has 0 aliphatic heterocycles. The third-order valence-corrected chi connectivity index (χ3v) is 4.73. The standard InChI is InChI=1S/C22H24ClN3O2/c1-3-4-15-28-19-11-7-17(8-12-19)22(27)25-20(21-24-13-14-26(21)2)16-5-9-18(23)10-6-16/h5-14,20H,3-4,15H2,1-2H3,(H,25,27)/t20-/m0/s1. The van der Waals surface area contributed by atoms with Gasteiger partial charge in [0.2, 0.25) is 0 Å². The summed E-state index contributed by atoms with van der Waals surface area (Å²) >= 11 is 6.01. The van der Waals surface area contributed by atoms with Gasteiger partial charge in [0.25, 0.3) is 5.91 Å². The van der Waals surface area contributed by atoms with Crippen molar-refractivity contribution in [2.24, 2.45) is 7.05 Å². The Labute approximate surface area is 170 Å². The smallest absolute Gasteiger partial charge is 0.252 e. The maximum atomic E-state index is 12.9. The van der Waals surface area contributed by atoms with Crippen molar-refractivity contribution in [2.45, 2.75) is 25.8 Å². The fraction of sp³-hybridized carbons (Fsp3) is 0.273. The SMILES string of the molecule is CCCCOc1ccc(C(=O)N[C@@H](c2ccc(Cl)cc2)c2nccn2C)cc1. The number of carbonyl (C=O) groups is 1. The minimum Gasteiger partial charge on any atom is -0.494 e. The fourth-order valence-electron chi connectivity index (χ4n) is 2.86. The maximum absolute atomic E-state index is 12.9. The molecule has 6 heteroatoms. The van der Waals surface area contributed by atoms with Gasteiger partial charge in [-0.15, -0.1) is 0 Å². The molecule has 0 fully saturated rings. The predicted octanol–water partition coefficient (Wildman–Crippen LogP) is 4.77. The number of ether oxygens (including phenoxy) is 1. The molecule has 0 saturated heterocycles. The van der Waals surface area contributed by atoms with Crippen LogP contribution in [0.5, 0.6) is 5.75 Å². The lowest BCUT2D eigenvalue weighted by atomic mass is 10.1. The molecule has 1 atom stereocenters. The lowest BCUT2D eigenvalue weighted by molar-refractivity contribution is 0.0941. The lowest BCUT2D eigenvalue weighted by Crippen LogP contribution is -2.31. The highest BCUT2D eigenvalue weighted by Gasteiger charge is 2.21. The molecule has 0 bridgehead atoms. The van der Waals surface area contributed by atoms with Crippen LogP contribution in [0.2, 0.25) is 5.02 Å². The van der Waals surface area contributed by atoms with E-state index in [1.165, 1.54) is 0 Å². The van der Waals surface area contributed by atoms with Crippen molar-refractivity contribution < 1.29 is 9.53 Å². The molecular formula is C22H24ClN3O2. The van der Waals surface area contributed by atoms with Crippen LogP contribution in [0.25, 0.3) is 0 Å². The summed E-state index contributed by atoms with van der Waals surface area (Å²) in [6, 6.07) is 14.2. The van der Waals surface area contributed by atoms with Crippen molar-refractivity contribution in [3.63, 3.8) is 0 Å². The number of unbranched alkanes of at least 4 members (excludes halogenated alkanes) is 1. The fourth-order valence-corrected chi connectivity index (χ4v) is 2.98. The Morgan fingerprint density at radius 1 is 1.18 bits per heavy atom. The van der Waals surface area contributed by atoms with Gasteiger partial charge in [-0.1, -0.05) is 37.1 Å². The number of halogens is 1. The highest BCUT2D eigenvalue weighted by Crippen LogP contribution is 2.23. The van der Waals surface area contributed by atoms with Crippen LogP contribution in [-0.2, 0) is 7.05 Å². The number of rotatable bonds is 8. The predicted molar refractivity (Wildman–Crippen MR) is 111 cm³/mol. The molecule has 28 heavy (non-hydrogen) atoms. The first kappa shape index (κ1) is 20.0. The van der Waals surface area contributed by atoms with Crippen LogP contribution >= 0.6 is 11.6 Å². The first-order valence-corrected chi connectivity index (χ1v) is 9.72. The molecule has 0 unspecified atom stereocenters. The molecule has 3 rings (SSSR count). The lowest BCUT2D eigenvalue weighted by Gasteiger charge is -2.19. The van der Waals surface area contributed by atoms with Gasteiger partial charge in [0.15, 0.2) is 0 Å². The number of aromatic nitrogens is 2. The summed E-state index contributed by atoms with van der Waals surface area (Å²) in [4.78, 5) is 17.3. The van der Waals surface area contributed by atoms with Crippen molar-refractivity contribution in [3.8, 4) is 5.75 Å². The minimum absolute atomic E-state index is 0.178. The van der Waals surface area contributed by atoms with Crippen LogP contribution in [0.4, 0.5) is 0 Å². The van der Waals surface area contributed by atoms with Crippen molar-refractivity contribution in [1.29, 1.82) is 0 Å². The molecule has 0 spiro atoms. The van der Waals surface area contributed by atoms with Gasteiger partial charge in [-0.25, -0.2) is 4.98 Å². The summed E-state index contributed by atoms with van der Waals surface area (Å²) in [5.74, 6) is 1.33. The molecule has 1 N–H and O–H groups in total. The van der Waals surface area contributed by atoms with Crippen LogP contribution < -0.4 is 10.1 Å². The van der Waals surface area contributed by atoms with E-state index in [-0.39, 0.29) is 11.9 Å². The molecule has 146 valence electrons. The zero-order valence-electron chi connectivity index (χ0n) is 16.1. The van der Waals surface area contributed by atoms with E-state index in [4.69, 9.17) is 16.3 Å². The average Bonchev–Trinajstić information content (AvgIpc) is 3.13. The molecule has 0 saturated carbocycles. The van der Waals surface area contributed by atoms with E-state index in [9.17, 15) is 4.79 Å². The van der Waals surface area contributed by atoms with E-state index in [0.717, 1.165) is 30.0 Å². The highest BCUT2D eigenvalue weighted by atomic mass is 35.5. The Kier molecular flexibility index (Phi) is 6.71. The Balaban J connectivity index is 1.78. The van der Waals surface area contributed by atoms with Crippen LogP contribution in [0, 0.1) is 0 Å². The molecule has 0 aliphatic rings. The second-order valence-corrected chi connectivity index (χ2v) is 7.02. The molecule has 1 amide bonds. The van der Waals surface area contributed by atoms with Crippen molar-refractivity contribution in [1.82, 2.24) is 14.9 Å². The van der Waals surface area contributed by atoms with Gasteiger partial charge in [-0.05, 0) is 48.4 Å². The number of hydrogen-bond donors (Lipinski definition) is 1. The Morgan fingerprint density at radius 3 is 2.50 bits per heavy atom. The van der Waals surface area contributed by atoms with Crippen molar-refractivity contribution >= 4 is 17.5 Å². The van der Waals surface area contributed by atoms with Crippen molar-refractivity contribution in [2.75, 3.05) is 6.61 Å². The number of benzene rings is 2. The second-order valence-electron chi connectivity index (χ2n) is 6.58. The maximum Gasteiger partial charge on any atom is 0.252 e. The molecule has 3 aromatic rings. The zero-order chi connectivity index (χ0) is 19.9. The number of carbonyl (C=O) groups excluding carboxylic acids is 1. The van der Waals surface area contributed by atoms with E-state index in [2.05, 4.69) is 17.2 Å². The zero-order valence-corrected chi connectivity index (χ0v) is 16.8. The highest BCUT2D eigenvalue weighted by molar-refractivity contribution is 6.30. The molecular weight excluding hydrogens is 374 g/mol. The first-order chi connectivity index (χ1) is 13.6. The molecule has 0 aliphatic carbocycles. The normalized spacial score (nSPS) is 11.8. The average molecular weight is 398 g/mol. The van der Waals surface area contributed by atoms with Crippen LogP contribution in [0.1, 0.15) is 47.6 Å². The quantitative estimate of drug-likeness (QED) is 0.557. The van der Waals surface area contributed by atoms with E-state index in [1.54, 1.807) is 30.5 Å². The van der Waals surface area contributed by atoms with Crippen LogP contribution in [0.15, 0.2) is 60.9 Å². The van der Waals surface area contributed by atoms with Gasteiger partial charge in [0.05, 0.1) is 6.61 Å². The number of nitrogens with one attached hydrogen (secondary N) is 1. The van der Waals surface area contributed by atoms with Gasteiger partial charge in [-0.2, -0.15) is 0 Å². The monoisotopic (exact) mass is 397 g/mol. The van der Waals surface area contributed by atoms with E-state index < -0.39 is 0 Å². The Morgan fingerprint density at radius 2 is 1.89 bits per heavy atom. The number of imidazole rings is 1. The summed E-state index contributed by atoms with van der Waals surface area (Å²) in [7, 11) is 1.90. The third kappa shape index (κ3) is 4.93. The second kappa shape index (κ2) is 9.42. The number of nitrogens with zero attached hydrogens (tertiary/aromatic N) is 2. The van der Waals surface area contributed by atoms with Crippen LogP contribution in [0.3, 0.4) is 0 Å². The first-order valence-electron chi connectivity index (χ1n) is 9.35. The summed E-state index contributed by atoms with van der Waals surface area (Å²) in [5, 5.41) is 3.72. The Hall–Kier alpha value is -2.79. The third-order valence-electron chi connectivity index (χ3n) is 4.48. The molecule has 0 radical (unpaired) electrons. The van der Waals surface area contributed by atoms with E-state index in [1.807, 2.05) is 42.1 Å². The number of hydrogen-bond acceptors (Lipinski definition) is 3. The topological polar surface area (TPSA) is 56.1 Å². The van der Waals surface area contributed by atoms with Gasteiger partial charge in [-0.3, -0.25) is 4.79 Å². The minimum atomic E-state index is -0.384. The van der Waals surface area contributed by atoms with E-state index >= 15 is 0 Å². The number of aryl methyl sites for hydroxylation is 1. The summed E-state index contributed by atoms with van der Waals surface area (Å²) in [5.41, 5.74) is 1.47. The molecule has 2 aromatic carbocycles. The number of amides is 1. The van der Waals surface area contributed by atoms with Gasteiger partial charge in [0.1, 0.15) is 17.6 Å². The molecule has 1 aromatic heterocycles. The van der Waals surface area contributed by atoms with Gasteiger partial charge >= 0.3 is 0 Å².